The molecule has 0 saturated heterocycles. The second-order valence-electron chi connectivity index (χ2n) is 6.18. The Morgan fingerprint density at radius 3 is 2.57 bits per heavy atom. The van der Waals surface area contributed by atoms with E-state index in [4.69, 9.17) is 11.6 Å². The Morgan fingerprint density at radius 2 is 1.86 bits per heavy atom. The van der Waals surface area contributed by atoms with E-state index in [1.54, 1.807) is 73.8 Å². The lowest BCUT2D eigenvalue weighted by Gasteiger charge is -2.12. The summed E-state index contributed by atoms with van der Waals surface area (Å²) in [5.41, 5.74) is 1.79. The van der Waals surface area contributed by atoms with Crippen LogP contribution in [0.2, 0.25) is 5.02 Å². The Hall–Kier alpha value is -3.51. The number of aryl methyl sites for hydroxylation is 1. The molecule has 0 spiro atoms. The number of carbonyl (C=O) groups is 1. The molecule has 0 unspecified atom stereocenters. The normalized spacial score (nSPS) is 10.8. The SMILES string of the molecule is Cc1nc2ccc(NC(=O)c3ccccn3)cc2c(=O)n1-c1ccc(Cl)cc1. The van der Waals surface area contributed by atoms with E-state index in [1.165, 1.54) is 4.57 Å². The van der Waals surface area contributed by atoms with Crippen molar-refractivity contribution in [3.05, 3.63) is 93.8 Å². The van der Waals surface area contributed by atoms with Crippen molar-refractivity contribution in [2.75, 3.05) is 5.32 Å². The molecule has 0 saturated carbocycles. The third-order valence-electron chi connectivity index (χ3n) is 4.28. The molecule has 0 fully saturated rings. The van der Waals surface area contributed by atoms with Crippen LogP contribution in [0.15, 0.2) is 71.7 Å². The molecule has 6 nitrogen and oxygen atoms in total. The molecule has 2 aromatic heterocycles. The highest BCUT2D eigenvalue weighted by molar-refractivity contribution is 6.30. The highest BCUT2D eigenvalue weighted by atomic mass is 35.5. The fraction of sp³-hybridized carbons (Fsp3) is 0.0476. The van der Waals surface area contributed by atoms with Crippen LogP contribution in [-0.2, 0) is 0 Å². The number of pyridine rings is 1. The fourth-order valence-electron chi connectivity index (χ4n) is 2.96. The highest BCUT2D eigenvalue weighted by Crippen LogP contribution is 2.19. The Labute approximate surface area is 165 Å². The Kier molecular flexibility index (Phi) is 4.63. The first-order valence-corrected chi connectivity index (χ1v) is 8.92. The lowest BCUT2D eigenvalue weighted by molar-refractivity contribution is 0.102. The minimum atomic E-state index is -0.349. The van der Waals surface area contributed by atoms with Gasteiger partial charge in [-0.25, -0.2) is 4.98 Å². The Balaban J connectivity index is 1.77. The van der Waals surface area contributed by atoms with E-state index in [-0.39, 0.29) is 11.5 Å². The van der Waals surface area contributed by atoms with Crippen LogP contribution in [0.1, 0.15) is 16.3 Å². The minimum absolute atomic E-state index is 0.223. The summed E-state index contributed by atoms with van der Waals surface area (Å²) >= 11 is 5.95. The molecule has 28 heavy (non-hydrogen) atoms. The maximum absolute atomic E-state index is 13.1. The number of rotatable bonds is 3. The molecule has 0 bridgehead atoms. The van der Waals surface area contributed by atoms with Crippen molar-refractivity contribution >= 4 is 34.1 Å². The quantitative estimate of drug-likeness (QED) is 0.573. The van der Waals surface area contributed by atoms with Gasteiger partial charge in [-0.3, -0.25) is 19.1 Å². The molecular formula is C21H15ClN4O2. The maximum atomic E-state index is 13.1. The summed E-state index contributed by atoms with van der Waals surface area (Å²) in [6, 6.07) is 17.1. The molecule has 0 atom stereocenters. The van der Waals surface area contributed by atoms with Crippen LogP contribution in [0.4, 0.5) is 5.69 Å². The number of nitrogens with one attached hydrogen (secondary N) is 1. The summed E-state index contributed by atoms with van der Waals surface area (Å²) in [6.45, 7) is 1.77. The number of hydrogen-bond donors (Lipinski definition) is 1. The smallest absolute Gasteiger partial charge is 0.274 e. The standard InChI is InChI=1S/C21H15ClN4O2/c1-13-24-18-10-7-15(25-20(27)19-4-2-3-11-23-19)12-17(18)21(28)26(13)16-8-5-14(22)6-9-16/h2-12H,1H3,(H,25,27). The van der Waals surface area contributed by atoms with E-state index in [2.05, 4.69) is 15.3 Å². The number of benzene rings is 2. The van der Waals surface area contributed by atoms with Crippen LogP contribution in [0.5, 0.6) is 0 Å². The van der Waals surface area contributed by atoms with Crippen LogP contribution in [0, 0.1) is 6.92 Å². The predicted molar refractivity (Wildman–Crippen MR) is 109 cm³/mol. The van der Waals surface area contributed by atoms with Gasteiger partial charge in [0.2, 0.25) is 0 Å². The van der Waals surface area contributed by atoms with Gasteiger partial charge in [0.15, 0.2) is 0 Å². The molecule has 2 aromatic carbocycles. The van der Waals surface area contributed by atoms with E-state index in [1.807, 2.05) is 0 Å². The van der Waals surface area contributed by atoms with Gasteiger partial charge in [-0.2, -0.15) is 0 Å². The summed E-state index contributed by atoms with van der Waals surface area (Å²) in [7, 11) is 0. The van der Waals surface area contributed by atoms with Gasteiger partial charge in [0.1, 0.15) is 11.5 Å². The summed E-state index contributed by atoms with van der Waals surface area (Å²) in [4.78, 5) is 34.0. The van der Waals surface area contributed by atoms with E-state index in [9.17, 15) is 9.59 Å². The Bertz CT molecular complexity index is 1240. The van der Waals surface area contributed by atoms with Gasteiger partial charge in [-0.1, -0.05) is 17.7 Å². The fourth-order valence-corrected chi connectivity index (χ4v) is 3.09. The van der Waals surface area contributed by atoms with Crippen molar-refractivity contribution in [1.29, 1.82) is 0 Å². The van der Waals surface area contributed by atoms with Gasteiger partial charge in [0, 0.05) is 16.9 Å². The second kappa shape index (κ2) is 7.25. The molecule has 0 aliphatic carbocycles. The number of anilines is 1. The number of hydrogen-bond acceptors (Lipinski definition) is 4. The van der Waals surface area contributed by atoms with E-state index < -0.39 is 0 Å². The number of fused-ring (bicyclic) bond motifs is 1. The van der Waals surface area contributed by atoms with Gasteiger partial charge in [-0.05, 0) is 61.5 Å². The van der Waals surface area contributed by atoms with E-state index in [0.29, 0.717) is 38.8 Å². The third-order valence-corrected chi connectivity index (χ3v) is 4.53. The van der Waals surface area contributed by atoms with Gasteiger partial charge in [-0.15, -0.1) is 0 Å². The summed E-state index contributed by atoms with van der Waals surface area (Å²) in [6.07, 6.45) is 1.55. The van der Waals surface area contributed by atoms with Crippen LogP contribution < -0.4 is 10.9 Å². The zero-order chi connectivity index (χ0) is 19.7. The molecule has 1 N–H and O–H groups in total. The molecule has 2 heterocycles. The second-order valence-corrected chi connectivity index (χ2v) is 6.61. The zero-order valence-corrected chi connectivity index (χ0v) is 15.6. The average Bonchev–Trinajstić information content (AvgIpc) is 2.70. The van der Waals surface area contributed by atoms with Crippen molar-refractivity contribution in [3.63, 3.8) is 0 Å². The van der Waals surface area contributed by atoms with Gasteiger partial charge >= 0.3 is 0 Å². The molecule has 7 heteroatoms. The summed E-state index contributed by atoms with van der Waals surface area (Å²) in [5, 5.41) is 3.75. The predicted octanol–water partition coefficient (Wildman–Crippen LogP) is 3.99. The molecule has 4 rings (SSSR count). The molecule has 0 aliphatic heterocycles. The first-order chi connectivity index (χ1) is 13.5. The minimum Gasteiger partial charge on any atom is -0.321 e. The largest absolute Gasteiger partial charge is 0.321 e. The van der Waals surface area contributed by atoms with Crippen LogP contribution >= 0.6 is 11.6 Å². The van der Waals surface area contributed by atoms with Crippen molar-refractivity contribution in [1.82, 2.24) is 14.5 Å². The summed E-state index contributed by atoms with van der Waals surface area (Å²) < 4.78 is 1.52. The number of carbonyl (C=O) groups excluding carboxylic acids is 1. The van der Waals surface area contributed by atoms with Gasteiger partial charge < -0.3 is 5.32 Å². The van der Waals surface area contributed by atoms with E-state index in [0.717, 1.165) is 0 Å². The van der Waals surface area contributed by atoms with Gasteiger partial charge in [0.25, 0.3) is 11.5 Å². The lowest BCUT2D eigenvalue weighted by atomic mass is 10.2. The molecule has 4 aromatic rings. The monoisotopic (exact) mass is 390 g/mol. The first-order valence-electron chi connectivity index (χ1n) is 8.55. The van der Waals surface area contributed by atoms with Crippen molar-refractivity contribution in [2.24, 2.45) is 0 Å². The lowest BCUT2D eigenvalue weighted by Crippen LogP contribution is -2.22. The zero-order valence-electron chi connectivity index (χ0n) is 14.9. The van der Waals surface area contributed by atoms with Crippen LogP contribution in [0.25, 0.3) is 16.6 Å². The van der Waals surface area contributed by atoms with Crippen molar-refractivity contribution < 1.29 is 4.79 Å². The number of aromatic nitrogens is 3. The topological polar surface area (TPSA) is 76.9 Å². The molecule has 0 radical (unpaired) electrons. The average molecular weight is 391 g/mol. The molecule has 1 amide bonds. The molecular weight excluding hydrogens is 376 g/mol. The highest BCUT2D eigenvalue weighted by Gasteiger charge is 2.12. The van der Waals surface area contributed by atoms with Gasteiger partial charge in [0.05, 0.1) is 16.6 Å². The summed E-state index contributed by atoms with van der Waals surface area (Å²) in [5.74, 6) is 0.211. The third kappa shape index (κ3) is 3.37. The van der Waals surface area contributed by atoms with Crippen molar-refractivity contribution in [3.8, 4) is 5.69 Å². The van der Waals surface area contributed by atoms with Crippen LogP contribution in [0.3, 0.4) is 0 Å². The number of nitrogens with zero attached hydrogens (tertiary/aromatic N) is 3. The molecule has 138 valence electrons. The van der Waals surface area contributed by atoms with Crippen molar-refractivity contribution in [2.45, 2.75) is 6.92 Å². The number of halogens is 1. The number of amides is 1. The molecule has 0 aliphatic rings. The van der Waals surface area contributed by atoms with Crippen LogP contribution in [-0.4, -0.2) is 20.4 Å². The van der Waals surface area contributed by atoms with E-state index >= 15 is 0 Å². The first kappa shape index (κ1) is 17.9. The Morgan fingerprint density at radius 1 is 1.07 bits per heavy atom. The maximum Gasteiger partial charge on any atom is 0.274 e.